The van der Waals surface area contributed by atoms with Gasteiger partial charge >= 0.3 is 0 Å². The zero-order chi connectivity index (χ0) is 13.0. The van der Waals surface area contributed by atoms with Crippen molar-refractivity contribution >= 4 is 33.9 Å². The van der Waals surface area contributed by atoms with Gasteiger partial charge in [-0.05, 0) is 24.8 Å². The topological polar surface area (TPSA) is 50.9 Å². The van der Waals surface area contributed by atoms with Gasteiger partial charge in [0.1, 0.15) is 0 Å². The first-order valence-electron chi connectivity index (χ1n) is 6.11. The highest BCUT2D eigenvalue weighted by Gasteiger charge is 2.04. The number of hydrogen-bond donors (Lipinski definition) is 2. The van der Waals surface area contributed by atoms with E-state index >= 15 is 0 Å². The van der Waals surface area contributed by atoms with E-state index in [1.165, 1.54) is 0 Å². The maximum Gasteiger partial charge on any atom is 0.0630 e. The number of hydrogen-bond acceptors (Lipinski definition) is 4. The van der Waals surface area contributed by atoms with E-state index in [0.717, 1.165) is 35.1 Å². The van der Waals surface area contributed by atoms with Gasteiger partial charge in [-0.3, -0.25) is 4.98 Å². The molecular formula is C14H19N3S. The molecule has 3 nitrogen and oxygen atoms in total. The van der Waals surface area contributed by atoms with Crippen LogP contribution in [0.15, 0.2) is 30.6 Å². The van der Waals surface area contributed by atoms with Gasteiger partial charge in [-0.15, -0.1) is 0 Å². The number of aromatic nitrogens is 1. The lowest BCUT2D eigenvalue weighted by atomic mass is 10.1. The lowest BCUT2D eigenvalue weighted by Gasteiger charge is -2.13. The Morgan fingerprint density at radius 1 is 1.39 bits per heavy atom. The summed E-state index contributed by atoms with van der Waals surface area (Å²) in [5.74, 6) is 0. The van der Waals surface area contributed by atoms with Gasteiger partial charge in [-0.2, -0.15) is 11.8 Å². The van der Waals surface area contributed by atoms with Crippen LogP contribution < -0.4 is 11.1 Å². The van der Waals surface area contributed by atoms with Crippen LogP contribution in [0.25, 0.3) is 10.8 Å². The summed E-state index contributed by atoms with van der Waals surface area (Å²) in [5, 5.41) is 6.23. The van der Waals surface area contributed by atoms with Gasteiger partial charge < -0.3 is 11.1 Å². The molecule has 0 radical (unpaired) electrons. The molecule has 0 bridgehead atoms. The molecule has 2 rings (SSSR count). The molecule has 0 spiro atoms. The molecule has 0 fully saturated rings. The zero-order valence-corrected chi connectivity index (χ0v) is 11.6. The van der Waals surface area contributed by atoms with Crippen molar-refractivity contribution in [3.63, 3.8) is 0 Å². The number of nitrogens with two attached hydrogens (primary N) is 1. The molecule has 0 saturated carbocycles. The summed E-state index contributed by atoms with van der Waals surface area (Å²) >= 11 is 1.89. The van der Waals surface area contributed by atoms with Gasteiger partial charge in [0.15, 0.2) is 0 Å². The van der Waals surface area contributed by atoms with Crippen LogP contribution in [0.1, 0.15) is 13.3 Å². The summed E-state index contributed by atoms with van der Waals surface area (Å²) in [6.45, 7) is 3.19. The standard InChI is InChI=1S/C14H19N3S/c1-10(18-2)5-8-17-13-4-3-11-9-16-7-6-12(11)14(13)15/h3-4,6-7,9-10,17H,5,8,15H2,1-2H3. The van der Waals surface area contributed by atoms with Crippen molar-refractivity contribution in [2.45, 2.75) is 18.6 Å². The Morgan fingerprint density at radius 2 is 2.22 bits per heavy atom. The second kappa shape index (κ2) is 5.96. The van der Waals surface area contributed by atoms with E-state index < -0.39 is 0 Å². The number of nitrogens with zero attached hydrogens (tertiary/aromatic N) is 1. The lowest BCUT2D eigenvalue weighted by molar-refractivity contribution is 0.854. The van der Waals surface area contributed by atoms with E-state index in [-0.39, 0.29) is 0 Å². The Balaban J connectivity index is 2.12. The average molecular weight is 261 g/mol. The van der Waals surface area contributed by atoms with Crippen LogP contribution in [0.5, 0.6) is 0 Å². The molecule has 2 aromatic rings. The minimum Gasteiger partial charge on any atom is -0.397 e. The molecule has 0 aliphatic heterocycles. The highest BCUT2D eigenvalue weighted by atomic mass is 32.2. The lowest BCUT2D eigenvalue weighted by Crippen LogP contribution is -2.09. The minimum atomic E-state index is 0.670. The van der Waals surface area contributed by atoms with Crippen molar-refractivity contribution in [1.82, 2.24) is 4.98 Å². The predicted molar refractivity (Wildman–Crippen MR) is 82.2 cm³/mol. The maximum atomic E-state index is 6.17. The van der Waals surface area contributed by atoms with Crippen LogP contribution in [-0.2, 0) is 0 Å². The number of fused-ring (bicyclic) bond motifs is 1. The predicted octanol–water partition coefficient (Wildman–Crippen LogP) is 3.37. The molecule has 0 amide bonds. The fourth-order valence-corrected chi connectivity index (χ4v) is 2.23. The number of nitrogens with one attached hydrogen (secondary N) is 1. The number of anilines is 2. The minimum absolute atomic E-state index is 0.670. The molecule has 1 unspecified atom stereocenters. The van der Waals surface area contributed by atoms with Crippen molar-refractivity contribution in [3.8, 4) is 0 Å². The fourth-order valence-electron chi connectivity index (χ4n) is 1.87. The zero-order valence-electron chi connectivity index (χ0n) is 10.8. The molecule has 3 N–H and O–H groups in total. The second-order valence-electron chi connectivity index (χ2n) is 4.39. The highest BCUT2D eigenvalue weighted by molar-refractivity contribution is 7.99. The Bertz CT molecular complexity index is 527. The van der Waals surface area contributed by atoms with E-state index in [0.29, 0.717) is 5.25 Å². The molecule has 96 valence electrons. The van der Waals surface area contributed by atoms with Crippen LogP contribution in [0, 0.1) is 0 Å². The van der Waals surface area contributed by atoms with Crippen molar-refractivity contribution in [2.75, 3.05) is 23.9 Å². The van der Waals surface area contributed by atoms with E-state index in [2.05, 4.69) is 29.5 Å². The summed E-state index contributed by atoms with van der Waals surface area (Å²) in [6, 6.07) is 6.04. The van der Waals surface area contributed by atoms with Gasteiger partial charge in [0.25, 0.3) is 0 Å². The summed E-state index contributed by atoms with van der Waals surface area (Å²) < 4.78 is 0. The highest BCUT2D eigenvalue weighted by Crippen LogP contribution is 2.28. The van der Waals surface area contributed by atoms with Gasteiger partial charge in [0.05, 0.1) is 11.4 Å². The van der Waals surface area contributed by atoms with Crippen LogP contribution in [-0.4, -0.2) is 23.0 Å². The third-order valence-electron chi connectivity index (χ3n) is 3.13. The summed E-state index contributed by atoms with van der Waals surface area (Å²) in [5.41, 5.74) is 8.00. The van der Waals surface area contributed by atoms with Gasteiger partial charge in [-0.25, -0.2) is 0 Å². The van der Waals surface area contributed by atoms with Crippen LogP contribution in [0.2, 0.25) is 0 Å². The first kappa shape index (κ1) is 13.0. The Hall–Kier alpha value is -1.42. The number of pyridine rings is 1. The number of nitrogen functional groups attached to an aromatic ring is 1. The van der Waals surface area contributed by atoms with Gasteiger partial charge in [0, 0.05) is 35.0 Å². The molecule has 1 aromatic heterocycles. The molecular weight excluding hydrogens is 242 g/mol. The molecule has 1 atom stereocenters. The van der Waals surface area contributed by atoms with E-state index in [1.54, 1.807) is 6.20 Å². The normalized spacial score (nSPS) is 12.6. The Labute approximate surface area is 112 Å². The third-order valence-corrected chi connectivity index (χ3v) is 4.17. The average Bonchev–Trinajstić information content (AvgIpc) is 2.41. The van der Waals surface area contributed by atoms with E-state index in [9.17, 15) is 0 Å². The number of benzene rings is 1. The molecule has 0 saturated heterocycles. The molecule has 0 aliphatic carbocycles. The smallest absolute Gasteiger partial charge is 0.0630 e. The van der Waals surface area contributed by atoms with Crippen LogP contribution in [0.3, 0.4) is 0 Å². The second-order valence-corrected chi connectivity index (χ2v) is 5.66. The van der Waals surface area contributed by atoms with Crippen molar-refractivity contribution < 1.29 is 0 Å². The molecule has 0 aliphatic rings. The van der Waals surface area contributed by atoms with E-state index in [4.69, 9.17) is 5.73 Å². The van der Waals surface area contributed by atoms with Crippen molar-refractivity contribution in [3.05, 3.63) is 30.6 Å². The fraction of sp³-hybridized carbons (Fsp3) is 0.357. The first-order valence-corrected chi connectivity index (χ1v) is 7.40. The van der Waals surface area contributed by atoms with Crippen LogP contribution in [0.4, 0.5) is 11.4 Å². The Kier molecular flexibility index (Phi) is 4.31. The summed E-state index contributed by atoms with van der Waals surface area (Å²) in [4.78, 5) is 4.10. The maximum absolute atomic E-state index is 6.17. The molecule has 4 heteroatoms. The molecule has 1 aromatic carbocycles. The molecule has 18 heavy (non-hydrogen) atoms. The SMILES string of the molecule is CSC(C)CCNc1ccc2cnccc2c1N. The third kappa shape index (κ3) is 2.88. The quantitative estimate of drug-likeness (QED) is 0.810. The van der Waals surface area contributed by atoms with Gasteiger partial charge in [0.2, 0.25) is 0 Å². The summed E-state index contributed by atoms with van der Waals surface area (Å²) in [6.07, 6.45) is 6.89. The Morgan fingerprint density at radius 3 is 3.00 bits per heavy atom. The number of rotatable bonds is 5. The molecule has 1 heterocycles. The van der Waals surface area contributed by atoms with E-state index in [1.807, 2.05) is 30.1 Å². The van der Waals surface area contributed by atoms with Crippen molar-refractivity contribution in [2.24, 2.45) is 0 Å². The van der Waals surface area contributed by atoms with Crippen LogP contribution >= 0.6 is 11.8 Å². The monoisotopic (exact) mass is 261 g/mol. The largest absolute Gasteiger partial charge is 0.397 e. The number of thioether (sulfide) groups is 1. The van der Waals surface area contributed by atoms with Gasteiger partial charge in [-0.1, -0.05) is 13.0 Å². The van der Waals surface area contributed by atoms with Crippen molar-refractivity contribution in [1.29, 1.82) is 0 Å². The summed E-state index contributed by atoms with van der Waals surface area (Å²) in [7, 11) is 0. The first-order chi connectivity index (χ1) is 8.72.